The second kappa shape index (κ2) is 4.08. The van der Waals surface area contributed by atoms with Crippen molar-refractivity contribution in [3.63, 3.8) is 0 Å². The number of aromatic nitrogens is 1. The minimum atomic E-state index is 0.734. The van der Waals surface area contributed by atoms with Crippen molar-refractivity contribution < 1.29 is 4.57 Å². The fourth-order valence-corrected chi connectivity index (χ4v) is 5.55. The molecule has 0 amide bonds. The maximum Gasteiger partial charge on any atom is 0.168 e. The first kappa shape index (κ1) is 11.0. The molecule has 0 aromatic carbocycles. The lowest BCUT2D eigenvalue weighted by Gasteiger charge is -2.56. The predicted octanol–water partition coefficient (Wildman–Crippen LogP) is 3.58. The zero-order valence-electron chi connectivity index (χ0n) is 11.2. The van der Waals surface area contributed by atoms with Crippen LogP contribution < -0.4 is 4.57 Å². The van der Waals surface area contributed by atoms with Crippen LogP contribution >= 0.6 is 0 Å². The van der Waals surface area contributed by atoms with Crippen LogP contribution in [0.1, 0.15) is 44.9 Å². The Morgan fingerprint density at radius 1 is 0.833 bits per heavy atom. The summed E-state index contributed by atoms with van der Waals surface area (Å²) in [5.41, 5.74) is 0.734. The molecule has 0 saturated heterocycles. The highest BCUT2D eigenvalue weighted by Crippen LogP contribution is 2.61. The summed E-state index contributed by atoms with van der Waals surface area (Å²) >= 11 is 0. The van der Waals surface area contributed by atoms with Crippen LogP contribution in [0.3, 0.4) is 0 Å². The van der Waals surface area contributed by atoms with Gasteiger partial charge in [0.25, 0.3) is 0 Å². The van der Waals surface area contributed by atoms with E-state index in [9.17, 15) is 0 Å². The lowest BCUT2D eigenvalue weighted by atomic mass is 9.49. The topological polar surface area (TPSA) is 3.88 Å². The zero-order chi connectivity index (χ0) is 12.0. The minimum absolute atomic E-state index is 0.734. The summed E-state index contributed by atoms with van der Waals surface area (Å²) in [5, 5.41) is 0. The fraction of sp³-hybridized carbons (Fsp3) is 0.706. The summed E-state index contributed by atoms with van der Waals surface area (Å²) in [6.07, 6.45) is 15.2. The van der Waals surface area contributed by atoms with E-state index in [-0.39, 0.29) is 0 Å². The Kier molecular flexibility index (Phi) is 2.50. The van der Waals surface area contributed by atoms with E-state index in [0.717, 1.165) is 23.2 Å². The van der Waals surface area contributed by atoms with Gasteiger partial charge in [0.2, 0.25) is 0 Å². The summed E-state index contributed by atoms with van der Waals surface area (Å²) in [7, 11) is 0. The molecule has 4 bridgehead atoms. The van der Waals surface area contributed by atoms with E-state index in [4.69, 9.17) is 0 Å². The Hall–Kier alpha value is -0.850. The Morgan fingerprint density at radius 2 is 1.39 bits per heavy atom. The van der Waals surface area contributed by atoms with Gasteiger partial charge in [0.15, 0.2) is 12.4 Å². The lowest BCUT2D eigenvalue weighted by molar-refractivity contribution is -0.699. The largest absolute Gasteiger partial charge is 0.205 e. The molecule has 0 N–H and O–H groups in total. The molecule has 96 valence electrons. The molecule has 0 radical (unpaired) electrons. The van der Waals surface area contributed by atoms with Crippen LogP contribution in [0.25, 0.3) is 0 Å². The highest BCUT2D eigenvalue weighted by molar-refractivity contribution is 5.00. The van der Waals surface area contributed by atoms with Crippen LogP contribution in [-0.4, -0.2) is 0 Å². The molecular weight excluding hydrogens is 218 g/mol. The second-order valence-corrected chi connectivity index (χ2v) is 7.28. The van der Waals surface area contributed by atoms with E-state index >= 15 is 0 Å². The van der Waals surface area contributed by atoms with Crippen molar-refractivity contribution >= 4 is 0 Å². The van der Waals surface area contributed by atoms with E-state index in [1.54, 1.807) is 38.5 Å². The normalized spacial score (nSPS) is 41.2. The third-order valence-electron chi connectivity index (χ3n) is 5.84. The fourth-order valence-electron chi connectivity index (χ4n) is 5.55. The van der Waals surface area contributed by atoms with Crippen molar-refractivity contribution in [3.05, 3.63) is 30.6 Å². The number of aryl methyl sites for hydroxylation is 1. The number of hydrogen-bond acceptors (Lipinski definition) is 0. The summed E-state index contributed by atoms with van der Waals surface area (Å²) in [4.78, 5) is 0. The summed E-state index contributed by atoms with van der Waals surface area (Å²) in [6.45, 7) is 1.23. The van der Waals surface area contributed by atoms with Crippen molar-refractivity contribution in [2.24, 2.45) is 23.2 Å². The van der Waals surface area contributed by atoms with Crippen LogP contribution in [0, 0.1) is 23.2 Å². The van der Waals surface area contributed by atoms with E-state index in [2.05, 4.69) is 35.2 Å². The Labute approximate surface area is 110 Å². The Balaban J connectivity index is 1.48. The second-order valence-electron chi connectivity index (χ2n) is 7.28. The summed E-state index contributed by atoms with van der Waals surface area (Å²) in [5.74, 6) is 3.28. The third-order valence-corrected chi connectivity index (χ3v) is 5.84. The first-order valence-corrected chi connectivity index (χ1v) is 7.75. The Bertz CT molecular complexity index is 387. The third kappa shape index (κ3) is 1.88. The van der Waals surface area contributed by atoms with Gasteiger partial charge in [-0.25, -0.2) is 4.57 Å². The number of pyridine rings is 1. The van der Waals surface area contributed by atoms with Crippen molar-refractivity contribution in [3.8, 4) is 0 Å². The first-order valence-electron chi connectivity index (χ1n) is 7.75. The maximum atomic E-state index is 2.37. The molecule has 18 heavy (non-hydrogen) atoms. The van der Waals surface area contributed by atoms with Crippen LogP contribution in [0.5, 0.6) is 0 Å². The molecule has 5 rings (SSSR count). The molecule has 1 heterocycles. The van der Waals surface area contributed by atoms with Gasteiger partial charge >= 0.3 is 0 Å². The number of rotatable bonds is 3. The van der Waals surface area contributed by atoms with Crippen molar-refractivity contribution in [1.82, 2.24) is 0 Å². The van der Waals surface area contributed by atoms with Crippen molar-refractivity contribution in [2.45, 2.75) is 51.5 Å². The summed E-state index contributed by atoms with van der Waals surface area (Å²) in [6, 6.07) is 6.42. The van der Waals surface area contributed by atoms with Gasteiger partial charge in [-0.3, -0.25) is 0 Å². The van der Waals surface area contributed by atoms with Crippen molar-refractivity contribution in [2.75, 3.05) is 0 Å². The van der Waals surface area contributed by atoms with Crippen LogP contribution in [0.15, 0.2) is 30.6 Å². The minimum Gasteiger partial charge on any atom is -0.205 e. The van der Waals surface area contributed by atoms with Gasteiger partial charge in [-0.15, -0.1) is 0 Å². The van der Waals surface area contributed by atoms with Crippen LogP contribution in [0.4, 0.5) is 0 Å². The average molecular weight is 242 g/mol. The van der Waals surface area contributed by atoms with Gasteiger partial charge < -0.3 is 0 Å². The molecule has 1 nitrogen and oxygen atoms in total. The molecule has 1 heteroatoms. The van der Waals surface area contributed by atoms with Gasteiger partial charge in [-0.1, -0.05) is 6.07 Å². The van der Waals surface area contributed by atoms with Gasteiger partial charge in [0.1, 0.15) is 6.54 Å². The predicted molar refractivity (Wildman–Crippen MR) is 71.9 cm³/mol. The van der Waals surface area contributed by atoms with Gasteiger partial charge in [0.05, 0.1) is 0 Å². The van der Waals surface area contributed by atoms with E-state index < -0.39 is 0 Å². The highest BCUT2D eigenvalue weighted by Gasteiger charge is 2.50. The zero-order valence-corrected chi connectivity index (χ0v) is 11.2. The summed E-state index contributed by atoms with van der Waals surface area (Å²) < 4.78 is 2.37. The van der Waals surface area contributed by atoms with Crippen LogP contribution in [-0.2, 0) is 6.54 Å². The quantitative estimate of drug-likeness (QED) is 0.713. The van der Waals surface area contributed by atoms with E-state index in [0.29, 0.717) is 0 Å². The smallest absolute Gasteiger partial charge is 0.168 e. The van der Waals surface area contributed by atoms with Gasteiger partial charge in [-0.05, 0) is 61.7 Å². The molecule has 0 atom stereocenters. The lowest BCUT2D eigenvalue weighted by Crippen LogP contribution is -2.48. The molecule has 0 aliphatic heterocycles. The molecule has 0 spiro atoms. The molecular formula is C17H24N+. The number of hydrogen-bond donors (Lipinski definition) is 0. The molecule has 1 aromatic rings. The SMILES string of the molecule is c1cc[n+](CCC23CC4CC(CC(C4)C2)C3)cc1. The molecule has 1 aromatic heterocycles. The molecule has 4 aliphatic rings. The molecule has 4 fully saturated rings. The molecule has 4 saturated carbocycles. The van der Waals surface area contributed by atoms with Gasteiger partial charge in [0, 0.05) is 18.6 Å². The van der Waals surface area contributed by atoms with Crippen molar-refractivity contribution in [1.29, 1.82) is 0 Å². The monoisotopic (exact) mass is 242 g/mol. The molecule has 0 unspecified atom stereocenters. The van der Waals surface area contributed by atoms with Crippen LogP contribution in [0.2, 0.25) is 0 Å². The van der Waals surface area contributed by atoms with Gasteiger partial charge in [-0.2, -0.15) is 0 Å². The average Bonchev–Trinajstić information content (AvgIpc) is 2.36. The highest BCUT2D eigenvalue weighted by atomic mass is 14.9. The maximum absolute atomic E-state index is 2.37. The van der Waals surface area contributed by atoms with E-state index in [1.165, 1.54) is 13.0 Å². The molecule has 4 aliphatic carbocycles. The Morgan fingerprint density at radius 3 is 1.94 bits per heavy atom. The first-order chi connectivity index (χ1) is 8.81. The number of nitrogens with zero attached hydrogens (tertiary/aromatic N) is 1. The standard InChI is InChI=1S/C17H24N/c1-2-5-18(6-3-1)7-4-17-11-14-8-15(12-17)10-16(9-14)13-17/h1-3,5-6,14-16H,4,7-13H2/q+1. The van der Waals surface area contributed by atoms with E-state index in [1.807, 2.05) is 0 Å².